The third kappa shape index (κ3) is 31.6. The first-order chi connectivity index (χ1) is 42.8. The molecule has 3 aliphatic rings. The summed E-state index contributed by atoms with van der Waals surface area (Å²) >= 11 is 0. The van der Waals surface area contributed by atoms with Gasteiger partial charge < -0.3 is 89.9 Å². The van der Waals surface area contributed by atoms with Crippen molar-refractivity contribution in [2.24, 2.45) is 0 Å². The second kappa shape index (κ2) is 49.4. The highest BCUT2D eigenvalue weighted by Crippen LogP contribution is 2.33. The minimum atomic E-state index is -1.99. The molecule has 0 saturated carbocycles. The summed E-state index contributed by atoms with van der Waals surface area (Å²) in [7, 11) is 0. The summed E-state index contributed by atoms with van der Waals surface area (Å²) in [6.45, 7) is 1.47. The van der Waals surface area contributed by atoms with Crippen LogP contribution < -0.4 is 5.32 Å². The molecule has 88 heavy (non-hydrogen) atoms. The van der Waals surface area contributed by atoms with Gasteiger partial charge in [-0.05, 0) is 109 Å². The first-order valence-electron chi connectivity index (χ1n) is 32.1. The van der Waals surface area contributed by atoms with Crippen LogP contribution in [-0.4, -0.2) is 193 Å². The van der Waals surface area contributed by atoms with Crippen LogP contribution >= 0.6 is 0 Å². The third-order valence-corrected chi connectivity index (χ3v) is 14.9. The maximum absolute atomic E-state index is 13.3. The first-order valence-corrected chi connectivity index (χ1v) is 32.1. The second-order valence-electron chi connectivity index (χ2n) is 22.1. The molecule has 19 heteroatoms. The fraction of sp³-hybridized carbons (Fsp3) is 0.638. The number of allylic oxidation sites excluding steroid dienone is 23. The van der Waals surface area contributed by atoms with E-state index in [1.165, 1.54) is 19.3 Å². The lowest BCUT2D eigenvalue weighted by Crippen LogP contribution is -2.66. The predicted octanol–water partition coefficient (Wildman–Crippen LogP) is 7.20. The van der Waals surface area contributed by atoms with E-state index in [4.69, 9.17) is 28.4 Å². The Bertz CT molecular complexity index is 2170. The number of ether oxygens (including phenoxy) is 6. The van der Waals surface area contributed by atoms with Crippen molar-refractivity contribution in [2.75, 3.05) is 26.4 Å². The normalized spacial score (nSPS) is 29.4. The van der Waals surface area contributed by atoms with Gasteiger partial charge in [-0.1, -0.05) is 179 Å². The smallest absolute Gasteiger partial charge is 0.220 e. The number of hydrogen-bond acceptors (Lipinski definition) is 18. The number of nitrogens with one attached hydrogen (secondary N) is 1. The largest absolute Gasteiger partial charge is 0.394 e. The van der Waals surface area contributed by atoms with Crippen molar-refractivity contribution in [3.05, 3.63) is 146 Å². The van der Waals surface area contributed by atoms with E-state index in [9.17, 15) is 61.0 Å². The van der Waals surface area contributed by atoms with Crippen LogP contribution in [0, 0.1) is 0 Å². The fourth-order valence-corrected chi connectivity index (χ4v) is 9.64. The molecule has 0 bridgehead atoms. The monoisotopic (exact) mass is 1240 g/mol. The molecule has 3 fully saturated rings. The molecule has 0 aromatic heterocycles. The van der Waals surface area contributed by atoms with Crippen LogP contribution in [0.1, 0.15) is 149 Å². The van der Waals surface area contributed by atoms with E-state index in [-0.39, 0.29) is 12.3 Å². The Morgan fingerprint density at radius 3 is 1.25 bits per heavy atom. The number of carbonyl (C=O) groups is 1. The quantitative estimate of drug-likeness (QED) is 0.0212. The van der Waals surface area contributed by atoms with Crippen LogP contribution in [-0.2, 0) is 33.2 Å². The number of carbonyl (C=O) groups excluding carboxylic acids is 1. The molecule has 17 unspecified atom stereocenters. The van der Waals surface area contributed by atoms with Crippen molar-refractivity contribution < 1.29 is 89.4 Å². The Hall–Kier alpha value is -4.33. The van der Waals surface area contributed by atoms with Crippen molar-refractivity contribution in [3.8, 4) is 0 Å². The molecular weight excluding hydrogens is 1130 g/mol. The number of unbranched alkanes of at least 4 members (excludes halogenated alkanes) is 7. The minimum Gasteiger partial charge on any atom is -0.394 e. The molecule has 0 radical (unpaired) electrons. The highest BCUT2D eigenvalue weighted by molar-refractivity contribution is 5.76. The number of amides is 1. The van der Waals surface area contributed by atoms with E-state index in [1.807, 2.05) is 6.08 Å². The van der Waals surface area contributed by atoms with Crippen LogP contribution in [0.3, 0.4) is 0 Å². The lowest BCUT2D eigenvalue weighted by molar-refractivity contribution is -0.379. The first kappa shape index (κ1) is 77.9. The number of aliphatic hydroxyl groups excluding tert-OH is 11. The predicted molar refractivity (Wildman–Crippen MR) is 341 cm³/mol. The third-order valence-electron chi connectivity index (χ3n) is 14.9. The molecule has 0 aromatic rings. The van der Waals surface area contributed by atoms with Gasteiger partial charge in [-0.2, -0.15) is 0 Å². The Labute approximate surface area is 523 Å². The van der Waals surface area contributed by atoms with Gasteiger partial charge in [0.25, 0.3) is 0 Å². The number of aliphatic hydroxyl groups is 11. The van der Waals surface area contributed by atoms with Gasteiger partial charge in [0.15, 0.2) is 18.9 Å². The zero-order valence-corrected chi connectivity index (χ0v) is 52.1. The summed E-state index contributed by atoms with van der Waals surface area (Å²) < 4.78 is 34.1. The average Bonchev–Trinajstić information content (AvgIpc) is 1.83. The highest BCUT2D eigenvalue weighted by atomic mass is 16.8. The minimum absolute atomic E-state index is 0.169. The van der Waals surface area contributed by atoms with Crippen LogP contribution in [0.5, 0.6) is 0 Å². The zero-order valence-electron chi connectivity index (χ0n) is 52.1. The number of hydrogen-bond donors (Lipinski definition) is 12. The van der Waals surface area contributed by atoms with Crippen molar-refractivity contribution in [1.82, 2.24) is 5.32 Å². The van der Waals surface area contributed by atoms with Crippen LogP contribution in [0.15, 0.2) is 146 Å². The van der Waals surface area contributed by atoms with Gasteiger partial charge in [-0.15, -0.1) is 0 Å². The van der Waals surface area contributed by atoms with Gasteiger partial charge in [-0.3, -0.25) is 4.79 Å². The maximum Gasteiger partial charge on any atom is 0.220 e. The molecule has 17 atom stereocenters. The summed E-state index contributed by atoms with van der Waals surface area (Å²) in [6.07, 6.45) is 42.8. The van der Waals surface area contributed by atoms with E-state index < -0.39 is 131 Å². The molecular formula is C69H109NO18. The van der Waals surface area contributed by atoms with Crippen LogP contribution in [0.4, 0.5) is 0 Å². The summed E-state index contributed by atoms with van der Waals surface area (Å²) in [6, 6.07) is -1.02. The standard InChI is InChI=1S/C69H109NO18/c1-3-5-7-9-11-13-15-16-17-18-19-20-21-22-23-24-25-26-27-28-29-30-31-32-33-34-35-36-37-39-41-43-45-47-57(75)70-52(53(74)46-44-42-40-38-14-12-10-8-6-4-2)51-83-67-63(81)60(78)65(55(49-72)85-67)88-69-64(82)61(79)66(56(50-73)86-69)87-68-62(80)59(77)58(76)54(48-71)84-68/h5,7,11,13-14,16-17,19-20,22-23,25-26,28-29,31-32,34-35,37-39,44,46,52-56,58-69,71-74,76-82H,3-4,6,8-10,12,15,18,21,24,27,30,33,36,40-43,45,47-51H2,1-2H3,(H,70,75)/b7-5-,13-11-,17-16-,20-19-,23-22-,26-25-,29-28-,32-31-,35-34-,38-14+,39-37-,46-44+. The Kier molecular flexibility index (Phi) is 43.7. The van der Waals surface area contributed by atoms with Crippen molar-refractivity contribution >= 4 is 5.91 Å². The van der Waals surface area contributed by atoms with Gasteiger partial charge in [0.2, 0.25) is 5.91 Å². The SMILES string of the molecule is CC/C=C\C/C=C\C/C=C\C/C=C\C/C=C\C/C=C\C/C=C\C/C=C\C/C=C\C/C=C\CCCCC(=O)NC(COC1OC(CO)C(OC2OC(CO)C(OC3OC(CO)C(O)C(O)C3O)C(O)C2O)C(O)C1O)C(O)/C=C/CC/C=C/CCCCCC. The molecule has 0 spiro atoms. The van der Waals surface area contributed by atoms with Crippen molar-refractivity contribution in [2.45, 2.75) is 253 Å². The molecule has 3 rings (SSSR count). The molecule has 498 valence electrons. The van der Waals surface area contributed by atoms with E-state index in [2.05, 4.69) is 153 Å². The molecule has 3 aliphatic heterocycles. The van der Waals surface area contributed by atoms with Gasteiger partial charge >= 0.3 is 0 Å². The fourth-order valence-electron chi connectivity index (χ4n) is 9.64. The van der Waals surface area contributed by atoms with E-state index >= 15 is 0 Å². The molecule has 3 heterocycles. The highest BCUT2D eigenvalue weighted by Gasteiger charge is 2.53. The summed E-state index contributed by atoms with van der Waals surface area (Å²) in [4.78, 5) is 13.3. The van der Waals surface area contributed by atoms with Gasteiger partial charge in [0.05, 0.1) is 38.6 Å². The topological polar surface area (TPSA) is 307 Å². The molecule has 12 N–H and O–H groups in total. The molecule has 0 aromatic carbocycles. The molecule has 1 amide bonds. The molecule has 0 aliphatic carbocycles. The average molecular weight is 1240 g/mol. The van der Waals surface area contributed by atoms with E-state index in [0.29, 0.717) is 12.8 Å². The molecule has 3 saturated heterocycles. The van der Waals surface area contributed by atoms with Crippen LogP contribution in [0.2, 0.25) is 0 Å². The van der Waals surface area contributed by atoms with E-state index in [1.54, 1.807) is 6.08 Å². The Balaban J connectivity index is 1.42. The van der Waals surface area contributed by atoms with Gasteiger partial charge in [0.1, 0.15) is 73.2 Å². The Morgan fingerprint density at radius 1 is 0.420 bits per heavy atom. The summed E-state index contributed by atoms with van der Waals surface area (Å²) in [5.41, 5.74) is 0. The number of rotatable bonds is 45. The molecule has 19 nitrogen and oxygen atoms in total. The van der Waals surface area contributed by atoms with Gasteiger partial charge in [-0.25, -0.2) is 0 Å². The second-order valence-corrected chi connectivity index (χ2v) is 22.1. The maximum atomic E-state index is 13.3. The van der Waals surface area contributed by atoms with Gasteiger partial charge in [0, 0.05) is 6.42 Å². The lowest BCUT2D eigenvalue weighted by Gasteiger charge is -2.48. The van der Waals surface area contributed by atoms with E-state index in [0.717, 1.165) is 96.3 Å². The Morgan fingerprint density at radius 2 is 0.795 bits per heavy atom. The van der Waals surface area contributed by atoms with Crippen molar-refractivity contribution in [3.63, 3.8) is 0 Å². The van der Waals surface area contributed by atoms with Crippen LogP contribution in [0.25, 0.3) is 0 Å². The lowest BCUT2D eigenvalue weighted by atomic mass is 9.96. The summed E-state index contributed by atoms with van der Waals surface area (Å²) in [5, 5.41) is 120. The summed E-state index contributed by atoms with van der Waals surface area (Å²) in [5.74, 6) is -0.338. The van der Waals surface area contributed by atoms with Crippen molar-refractivity contribution in [1.29, 1.82) is 0 Å². The zero-order chi connectivity index (χ0) is 64.0.